The minimum absolute atomic E-state index is 0.151. The predicted molar refractivity (Wildman–Crippen MR) is 123 cm³/mol. The minimum Gasteiger partial charge on any atom is -0.466 e. The van der Waals surface area contributed by atoms with Gasteiger partial charge in [0.1, 0.15) is 11.5 Å². The Morgan fingerprint density at radius 1 is 1.06 bits per heavy atom. The van der Waals surface area contributed by atoms with Crippen LogP contribution < -0.4 is 5.32 Å². The average molecular weight is 460 g/mol. The Labute approximate surface area is 190 Å². The number of furan rings is 1. The quantitative estimate of drug-likeness (QED) is 0.687. The molecule has 4 rings (SSSR count). The van der Waals surface area contributed by atoms with Gasteiger partial charge in [-0.05, 0) is 88.9 Å². The molecule has 8 heteroatoms. The summed E-state index contributed by atoms with van der Waals surface area (Å²) in [6.07, 6.45) is 3.90. The molecular formula is C24H33N3O4S. The molecule has 0 atom stereocenters. The molecule has 1 aromatic heterocycles. The molecule has 2 saturated heterocycles. The fraction of sp³-hybridized carbons (Fsp3) is 0.542. The summed E-state index contributed by atoms with van der Waals surface area (Å²) in [5.74, 6) is 2.26. The summed E-state index contributed by atoms with van der Waals surface area (Å²) >= 11 is 0. The maximum Gasteiger partial charge on any atom is 0.251 e. The number of sulfonamides is 1. The second kappa shape index (κ2) is 9.77. The zero-order valence-corrected chi connectivity index (χ0v) is 19.8. The summed E-state index contributed by atoms with van der Waals surface area (Å²) in [6.45, 7) is 8.71. The van der Waals surface area contributed by atoms with Crippen molar-refractivity contribution in [2.24, 2.45) is 5.92 Å². The number of nitrogens with one attached hydrogen (secondary N) is 1. The maximum absolute atomic E-state index is 12.6. The summed E-state index contributed by atoms with van der Waals surface area (Å²) in [7, 11) is -3.45. The molecule has 0 saturated carbocycles. The first-order chi connectivity index (χ1) is 15.3. The third-order valence-corrected chi connectivity index (χ3v) is 8.53. The van der Waals surface area contributed by atoms with Gasteiger partial charge in [-0.3, -0.25) is 9.69 Å². The molecule has 0 unspecified atom stereocenters. The van der Waals surface area contributed by atoms with Crippen LogP contribution in [0.4, 0.5) is 0 Å². The summed E-state index contributed by atoms with van der Waals surface area (Å²) in [5.41, 5.74) is 1.75. The molecule has 0 bridgehead atoms. The summed E-state index contributed by atoms with van der Waals surface area (Å²) in [6, 6.07) is 8.41. The van der Waals surface area contributed by atoms with E-state index in [1.165, 1.54) is 9.87 Å². The van der Waals surface area contributed by atoms with E-state index < -0.39 is 10.0 Å². The van der Waals surface area contributed by atoms with E-state index in [1.54, 1.807) is 24.3 Å². The van der Waals surface area contributed by atoms with E-state index in [0.29, 0.717) is 31.1 Å². The molecule has 32 heavy (non-hydrogen) atoms. The first-order valence-corrected chi connectivity index (χ1v) is 12.9. The van der Waals surface area contributed by atoms with Gasteiger partial charge in [0.15, 0.2) is 0 Å². The van der Waals surface area contributed by atoms with Crippen molar-refractivity contribution in [3.8, 4) is 0 Å². The summed E-state index contributed by atoms with van der Waals surface area (Å²) < 4.78 is 32.4. The van der Waals surface area contributed by atoms with Crippen molar-refractivity contribution in [3.05, 3.63) is 53.0 Å². The number of rotatable bonds is 7. The lowest BCUT2D eigenvalue weighted by Crippen LogP contribution is -2.38. The number of nitrogens with zero attached hydrogens (tertiary/aromatic N) is 2. The molecule has 0 spiro atoms. The Balaban J connectivity index is 1.24. The van der Waals surface area contributed by atoms with E-state index >= 15 is 0 Å². The van der Waals surface area contributed by atoms with Gasteiger partial charge in [-0.25, -0.2) is 8.42 Å². The lowest BCUT2D eigenvalue weighted by Gasteiger charge is -2.31. The van der Waals surface area contributed by atoms with Crippen molar-refractivity contribution in [3.63, 3.8) is 0 Å². The molecule has 2 aromatic rings. The number of carbonyl (C=O) groups excluding carboxylic acids is 1. The van der Waals surface area contributed by atoms with Crippen LogP contribution >= 0.6 is 0 Å². The van der Waals surface area contributed by atoms with Crippen LogP contribution in [0.3, 0.4) is 0 Å². The molecule has 7 nitrogen and oxygen atoms in total. The average Bonchev–Trinajstić information content (AvgIpc) is 3.43. The smallest absolute Gasteiger partial charge is 0.251 e. The SMILES string of the molecule is Cc1cc(CN2CCC(CNC(=O)c3ccc(S(=O)(=O)N4CCCC4)cc3)CC2)c(C)o1. The molecular weight excluding hydrogens is 426 g/mol. The van der Waals surface area contributed by atoms with E-state index in [0.717, 1.165) is 56.8 Å². The molecule has 2 aliphatic rings. The van der Waals surface area contributed by atoms with E-state index in [-0.39, 0.29) is 10.8 Å². The third-order valence-electron chi connectivity index (χ3n) is 6.62. The first kappa shape index (κ1) is 23.0. The molecule has 174 valence electrons. The number of amides is 1. The van der Waals surface area contributed by atoms with Gasteiger partial charge in [-0.1, -0.05) is 0 Å². The third kappa shape index (κ3) is 5.24. The summed E-state index contributed by atoms with van der Waals surface area (Å²) in [4.78, 5) is 15.3. The highest BCUT2D eigenvalue weighted by atomic mass is 32.2. The van der Waals surface area contributed by atoms with Crippen LogP contribution in [0.25, 0.3) is 0 Å². The van der Waals surface area contributed by atoms with Gasteiger partial charge in [0.2, 0.25) is 10.0 Å². The number of piperidine rings is 1. The van der Waals surface area contributed by atoms with Gasteiger partial charge in [0.25, 0.3) is 5.91 Å². The van der Waals surface area contributed by atoms with Crippen molar-refractivity contribution in [2.45, 2.75) is 51.0 Å². The molecule has 1 N–H and O–H groups in total. The van der Waals surface area contributed by atoms with Crippen LogP contribution in [0.1, 0.15) is 53.1 Å². The minimum atomic E-state index is -3.45. The Morgan fingerprint density at radius 3 is 2.31 bits per heavy atom. The second-order valence-electron chi connectivity index (χ2n) is 9.00. The van der Waals surface area contributed by atoms with Gasteiger partial charge in [0, 0.05) is 37.3 Å². The Morgan fingerprint density at radius 2 is 1.72 bits per heavy atom. The molecule has 2 fully saturated rings. The van der Waals surface area contributed by atoms with Gasteiger partial charge in [0.05, 0.1) is 4.90 Å². The predicted octanol–water partition coefficient (Wildman–Crippen LogP) is 3.32. The fourth-order valence-corrected chi connectivity index (χ4v) is 6.14. The number of hydrogen-bond acceptors (Lipinski definition) is 5. The van der Waals surface area contributed by atoms with Crippen molar-refractivity contribution >= 4 is 15.9 Å². The molecule has 1 aromatic carbocycles. The number of aryl methyl sites for hydroxylation is 2. The molecule has 3 heterocycles. The van der Waals surface area contributed by atoms with E-state index in [1.807, 2.05) is 13.8 Å². The normalized spacial score (nSPS) is 18.8. The zero-order chi connectivity index (χ0) is 22.7. The zero-order valence-electron chi connectivity index (χ0n) is 19.0. The first-order valence-electron chi connectivity index (χ1n) is 11.5. The van der Waals surface area contributed by atoms with Crippen molar-refractivity contribution in [1.82, 2.24) is 14.5 Å². The van der Waals surface area contributed by atoms with Crippen molar-refractivity contribution < 1.29 is 17.6 Å². The monoisotopic (exact) mass is 459 g/mol. The number of carbonyl (C=O) groups is 1. The number of hydrogen-bond donors (Lipinski definition) is 1. The molecule has 0 radical (unpaired) electrons. The molecule has 0 aliphatic carbocycles. The Kier molecular flexibility index (Phi) is 7.02. The van der Waals surface area contributed by atoms with Gasteiger partial charge in [-0.15, -0.1) is 0 Å². The highest BCUT2D eigenvalue weighted by molar-refractivity contribution is 7.89. The second-order valence-corrected chi connectivity index (χ2v) is 10.9. The van der Waals surface area contributed by atoms with E-state index in [2.05, 4.69) is 16.3 Å². The van der Waals surface area contributed by atoms with Crippen molar-refractivity contribution in [1.29, 1.82) is 0 Å². The lowest BCUT2D eigenvalue weighted by molar-refractivity contribution is 0.0935. The molecule has 1 amide bonds. The van der Waals surface area contributed by atoms with Gasteiger partial charge < -0.3 is 9.73 Å². The van der Waals surface area contributed by atoms with E-state index in [9.17, 15) is 13.2 Å². The Hall–Kier alpha value is -2.16. The topological polar surface area (TPSA) is 82.9 Å². The van der Waals surface area contributed by atoms with Crippen LogP contribution in [0.5, 0.6) is 0 Å². The van der Waals surface area contributed by atoms with Crippen LogP contribution in [-0.4, -0.2) is 56.3 Å². The maximum atomic E-state index is 12.6. The number of likely N-dealkylation sites (tertiary alicyclic amines) is 1. The van der Waals surface area contributed by atoms with Crippen LogP contribution in [0.2, 0.25) is 0 Å². The van der Waals surface area contributed by atoms with Crippen molar-refractivity contribution in [2.75, 3.05) is 32.7 Å². The fourth-order valence-electron chi connectivity index (χ4n) is 4.62. The molecule has 2 aliphatic heterocycles. The highest BCUT2D eigenvalue weighted by Crippen LogP contribution is 2.23. The van der Waals surface area contributed by atoms with E-state index in [4.69, 9.17) is 4.42 Å². The van der Waals surface area contributed by atoms with Crippen LogP contribution in [0, 0.1) is 19.8 Å². The standard InChI is InChI=1S/C24H33N3O4S/c1-18-15-22(19(2)31-18)17-26-13-9-20(10-14-26)16-25-24(28)21-5-7-23(8-6-21)32(29,30)27-11-3-4-12-27/h5-8,15,20H,3-4,9-14,16-17H2,1-2H3,(H,25,28). The van der Waals surface area contributed by atoms with Gasteiger partial charge in [-0.2, -0.15) is 4.31 Å². The van der Waals surface area contributed by atoms with Crippen LogP contribution in [-0.2, 0) is 16.6 Å². The largest absolute Gasteiger partial charge is 0.466 e. The lowest BCUT2D eigenvalue weighted by atomic mass is 9.96. The Bertz CT molecular complexity index is 1030. The van der Waals surface area contributed by atoms with Gasteiger partial charge >= 0.3 is 0 Å². The summed E-state index contributed by atoms with van der Waals surface area (Å²) in [5, 5.41) is 3.03. The van der Waals surface area contributed by atoms with Crippen LogP contribution in [0.15, 0.2) is 39.6 Å². The number of benzene rings is 1. The highest BCUT2D eigenvalue weighted by Gasteiger charge is 2.27.